The highest BCUT2D eigenvalue weighted by molar-refractivity contribution is 5.86. The summed E-state index contributed by atoms with van der Waals surface area (Å²) in [7, 11) is 0. The van der Waals surface area contributed by atoms with Crippen LogP contribution in [-0.4, -0.2) is 58.5 Å². The zero-order valence-electron chi connectivity index (χ0n) is 12.9. The number of primary amides is 1. The van der Waals surface area contributed by atoms with Crippen molar-refractivity contribution >= 4 is 17.9 Å². The molecule has 1 rings (SSSR count). The van der Waals surface area contributed by atoms with Crippen molar-refractivity contribution in [2.24, 2.45) is 17.6 Å². The Balaban J connectivity index is 2.93. The Morgan fingerprint density at radius 1 is 1.38 bits per heavy atom. The highest BCUT2D eigenvalue weighted by atomic mass is 16.4. The second kappa shape index (κ2) is 7.28. The van der Waals surface area contributed by atoms with Crippen LogP contribution in [0.2, 0.25) is 0 Å². The third-order valence-corrected chi connectivity index (χ3v) is 3.63. The first-order chi connectivity index (χ1) is 9.73. The molecule has 0 spiro atoms. The van der Waals surface area contributed by atoms with Crippen molar-refractivity contribution in [2.45, 2.75) is 39.7 Å². The van der Waals surface area contributed by atoms with E-state index in [0.29, 0.717) is 13.1 Å². The Morgan fingerprint density at radius 3 is 2.48 bits per heavy atom. The number of aliphatic carboxylic acids is 1. The van der Waals surface area contributed by atoms with Gasteiger partial charge in [0.15, 0.2) is 0 Å². The highest BCUT2D eigenvalue weighted by Gasteiger charge is 2.39. The molecule has 0 aromatic heterocycles. The number of hydrogen-bond acceptors (Lipinski definition) is 3. The molecule has 1 fully saturated rings. The average Bonchev–Trinajstić information content (AvgIpc) is 2.35. The van der Waals surface area contributed by atoms with Crippen LogP contribution in [0.25, 0.3) is 0 Å². The number of nitrogens with two attached hydrogens (primary N) is 1. The number of amides is 3. The van der Waals surface area contributed by atoms with Crippen LogP contribution in [0.1, 0.15) is 33.6 Å². The number of carboxylic acids is 1. The van der Waals surface area contributed by atoms with Gasteiger partial charge in [0.05, 0.1) is 0 Å². The molecule has 2 unspecified atom stereocenters. The van der Waals surface area contributed by atoms with E-state index < -0.39 is 23.9 Å². The monoisotopic (exact) mass is 299 g/mol. The maximum atomic E-state index is 12.6. The molecule has 0 aromatic rings. The van der Waals surface area contributed by atoms with Crippen LogP contribution >= 0.6 is 0 Å². The molecule has 7 nitrogen and oxygen atoms in total. The normalized spacial score (nSPS) is 22.2. The number of hydrogen-bond donors (Lipinski definition) is 2. The van der Waals surface area contributed by atoms with E-state index in [-0.39, 0.29) is 18.4 Å². The summed E-state index contributed by atoms with van der Waals surface area (Å²) in [6.07, 6.45) is 1.55. The van der Waals surface area contributed by atoms with Gasteiger partial charge in [0, 0.05) is 13.1 Å². The number of rotatable bonds is 5. The van der Waals surface area contributed by atoms with Gasteiger partial charge < -0.3 is 20.6 Å². The Kier molecular flexibility index (Phi) is 5.99. The van der Waals surface area contributed by atoms with Crippen LogP contribution in [0.5, 0.6) is 0 Å². The lowest BCUT2D eigenvalue weighted by Crippen LogP contribution is -2.57. The second-order valence-electron chi connectivity index (χ2n) is 6.12. The molecule has 21 heavy (non-hydrogen) atoms. The van der Waals surface area contributed by atoms with Gasteiger partial charge in [-0.3, -0.25) is 4.79 Å². The number of piperidine rings is 1. The molecule has 1 aliphatic rings. The quantitative estimate of drug-likeness (QED) is 0.781. The van der Waals surface area contributed by atoms with Gasteiger partial charge in [-0.2, -0.15) is 0 Å². The van der Waals surface area contributed by atoms with Crippen molar-refractivity contribution < 1.29 is 19.5 Å². The fraction of sp³-hybridized carbons (Fsp3) is 0.786. The van der Waals surface area contributed by atoms with E-state index in [2.05, 4.69) is 0 Å². The third-order valence-electron chi connectivity index (χ3n) is 3.63. The van der Waals surface area contributed by atoms with Gasteiger partial charge in [-0.15, -0.1) is 0 Å². The van der Waals surface area contributed by atoms with E-state index in [4.69, 9.17) is 5.73 Å². The molecule has 0 aromatic carbocycles. The largest absolute Gasteiger partial charge is 0.480 e. The maximum absolute atomic E-state index is 12.6. The van der Waals surface area contributed by atoms with Crippen molar-refractivity contribution in [1.82, 2.24) is 9.80 Å². The summed E-state index contributed by atoms with van der Waals surface area (Å²) < 4.78 is 0. The highest BCUT2D eigenvalue weighted by Crippen LogP contribution is 2.24. The van der Waals surface area contributed by atoms with Gasteiger partial charge in [0.2, 0.25) is 5.91 Å². The number of nitrogens with zero attached hydrogens (tertiary/aromatic N) is 2. The van der Waals surface area contributed by atoms with Crippen molar-refractivity contribution in [3.05, 3.63) is 0 Å². The molecule has 3 N–H and O–H groups in total. The predicted octanol–water partition coefficient (Wildman–Crippen LogP) is 0.735. The lowest BCUT2D eigenvalue weighted by Gasteiger charge is -2.40. The molecule has 3 amide bonds. The Hall–Kier alpha value is -1.79. The predicted molar refractivity (Wildman–Crippen MR) is 77.5 cm³/mol. The van der Waals surface area contributed by atoms with E-state index in [1.165, 1.54) is 9.80 Å². The van der Waals surface area contributed by atoms with Gasteiger partial charge in [-0.25, -0.2) is 9.59 Å². The maximum Gasteiger partial charge on any atom is 0.326 e. The molecule has 0 radical (unpaired) electrons. The van der Waals surface area contributed by atoms with Crippen LogP contribution in [-0.2, 0) is 9.59 Å². The van der Waals surface area contributed by atoms with Gasteiger partial charge >= 0.3 is 12.0 Å². The van der Waals surface area contributed by atoms with E-state index in [1.54, 1.807) is 0 Å². The summed E-state index contributed by atoms with van der Waals surface area (Å²) >= 11 is 0. The number of carbonyl (C=O) groups is 3. The van der Waals surface area contributed by atoms with E-state index in [1.807, 2.05) is 20.8 Å². The molecule has 120 valence electrons. The van der Waals surface area contributed by atoms with Crippen LogP contribution in [0.15, 0.2) is 0 Å². The van der Waals surface area contributed by atoms with Crippen molar-refractivity contribution in [2.75, 3.05) is 19.6 Å². The summed E-state index contributed by atoms with van der Waals surface area (Å²) in [4.78, 5) is 37.9. The molecule has 0 saturated carbocycles. The number of urea groups is 1. The average molecular weight is 299 g/mol. The standard InChI is InChI=1S/C14H25N3O4/c1-9(2)7-16(8-11(15)18)14(21)17-6-4-5-10(3)12(17)13(19)20/h9-10,12H,4-8H2,1-3H3,(H2,15,18)(H,19,20). The van der Waals surface area contributed by atoms with Gasteiger partial charge in [-0.1, -0.05) is 20.8 Å². The fourth-order valence-electron chi connectivity index (χ4n) is 2.80. The zero-order valence-corrected chi connectivity index (χ0v) is 12.9. The fourth-order valence-corrected chi connectivity index (χ4v) is 2.80. The second-order valence-corrected chi connectivity index (χ2v) is 6.12. The number of likely N-dealkylation sites (tertiary alicyclic amines) is 1. The number of carboxylic acid groups (broad SMARTS) is 1. The van der Waals surface area contributed by atoms with Crippen LogP contribution in [0, 0.1) is 11.8 Å². The van der Waals surface area contributed by atoms with Gasteiger partial charge in [0.25, 0.3) is 0 Å². The van der Waals surface area contributed by atoms with Crippen LogP contribution in [0.4, 0.5) is 4.79 Å². The minimum absolute atomic E-state index is 0.102. The summed E-state index contributed by atoms with van der Waals surface area (Å²) in [6, 6.07) is -1.25. The Bertz CT molecular complexity index is 411. The lowest BCUT2D eigenvalue weighted by atomic mass is 9.91. The molecule has 2 atom stereocenters. The third kappa shape index (κ3) is 4.61. The minimum Gasteiger partial charge on any atom is -0.480 e. The van der Waals surface area contributed by atoms with E-state index >= 15 is 0 Å². The lowest BCUT2D eigenvalue weighted by molar-refractivity contribution is -0.145. The topological polar surface area (TPSA) is 104 Å². The Morgan fingerprint density at radius 2 is 2.00 bits per heavy atom. The van der Waals surface area contributed by atoms with E-state index in [9.17, 15) is 19.5 Å². The first kappa shape index (κ1) is 17.3. The molecule has 1 heterocycles. The molecular weight excluding hydrogens is 274 g/mol. The first-order valence-corrected chi connectivity index (χ1v) is 7.30. The SMILES string of the molecule is CC(C)CN(CC(N)=O)C(=O)N1CCCC(C)C1C(=O)O. The molecular formula is C14H25N3O4. The first-order valence-electron chi connectivity index (χ1n) is 7.30. The molecule has 0 aliphatic carbocycles. The van der Waals surface area contributed by atoms with Crippen molar-refractivity contribution in [3.63, 3.8) is 0 Å². The summed E-state index contributed by atoms with van der Waals surface area (Å²) in [5.74, 6) is -1.53. The zero-order chi connectivity index (χ0) is 16.2. The van der Waals surface area contributed by atoms with Gasteiger partial charge in [0.1, 0.15) is 12.6 Å². The molecule has 1 saturated heterocycles. The minimum atomic E-state index is -1.00. The van der Waals surface area contributed by atoms with E-state index in [0.717, 1.165) is 12.8 Å². The summed E-state index contributed by atoms with van der Waals surface area (Å²) in [6.45, 7) is 6.27. The smallest absolute Gasteiger partial charge is 0.326 e. The Labute approximate surface area is 125 Å². The van der Waals surface area contributed by atoms with Crippen LogP contribution < -0.4 is 5.73 Å². The summed E-state index contributed by atoms with van der Waals surface area (Å²) in [5, 5.41) is 9.37. The summed E-state index contributed by atoms with van der Waals surface area (Å²) in [5.41, 5.74) is 5.19. The van der Waals surface area contributed by atoms with Crippen LogP contribution in [0.3, 0.4) is 0 Å². The molecule has 1 aliphatic heterocycles. The van der Waals surface area contributed by atoms with Crippen molar-refractivity contribution in [3.8, 4) is 0 Å². The van der Waals surface area contributed by atoms with Gasteiger partial charge in [-0.05, 0) is 24.7 Å². The molecule has 0 bridgehead atoms. The molecule has 7 heteroatoms. The number of carbonyl (C=O) groups excluding carboxylic acids is 2. The van der Waals surface area contributed by atoms with Crippen molar-refractivity contribution in [1.29, 1.82) is 0 Å².